The fraction of sp³-hybridized carbons (Fsp3) is 0.417. The van der Waals surface area contributed by atoms with Gasteiger partial charge in [0.2, 0.25) is 5.91 Å². The molecule has 1 aromatic carbocycles. The molecule has 0 spiro atoms. The highest BCUT2D eigenvalue weighted by Crippen LogP contribution is 2.24. The Bertz CT molecular complexity index is 367. The minimum absolute atomic E-state index is 0.103. The molecule has 5 heteroatoms. The van der Waals surface area contributed by atoms with E-state index in [9.17, 15) is 4.79 Å². The predicted molar refractivity (Wildman–Crippen MR) is 76.1 cm³/mol. The Morgan fingerprint density at radius 1 is 1.41 bits per heavy atom. The summed E-state index contributed by atoms with van der Waals surface area (Å²) in [5.41, 5.74) is 5.47. The van der Waals surface area contributed by atoms with Crippen molar-refractivity contribution in [3.8, 4) is 0 Å². The molecule has 0 heterocycles. The smallest absolute Gasteiger partial charge is 0.236 e. The molecule has 0 aliphatic rings. The molecular formula is C12H17BrN2OS. The summed E-state index contributed by atoms with van der Waals surface area (Å²) in [6.45, 7) is 4.39. The molecule has 0 bridgehead atoms. The second kappa shape index (κ2) is 7.03. The van der Waals surface area contributed by atoms with Crippen LogP contribution in [0.2, 0.25) is 0 Å². The molecule has 94 valence electrons. The van der Waals surface area contributed by atoms with Crippen LogP contribution in [0.4, 0.5) is 0 Å². The monoisotopic (exact) mass is 316 g/mol. The molecule has 1 unspecified atom stereocenters. The van der Waals surface area contributed by atoms with Crippen LogP contribution < -0.4 is 11.1 Å². The van der Waals surface area contributed by atoms with Crippen molar-refractivity contribution in [1.82, 2.24) is 5.32 Å². The van der Waals surface area contributed by atoms with E-state index in [4.69, 9.17) is 5.73 Å². The average Bonchev–Trinajstić information content (AvgIpc) is 2.29. The quantitative estimate of drug-likeness (QED) is 0.820. The maximum absolute atomic E-state index is 11.3. The van der Waals surface area contributed by atoms with Crippen molar-refractivity contribution in [2.45, 2.75) is 30.0 Å². The van der Waals surface area contributed by atoms with Gasteiger partial charge >= 0.3 is 0 Å². The lowest BCUT2D eigenvalue weighted by Gasteiger charge is -2.13. The Hall–Kier alpha value is -0.520. The second-order valence-corrected chi connectivity index (χ2v) is 6.34. The largest absolute Gasteiger partial charge is 0.354 e. The van der Waals surface area contributed by atoms with Crippen LogP contribution in [0.15, 0.2) is 33.6 Å². The van der Waals surface area contributed by atoms with Gasteiger partial charge in [-0.05, 0) is 31.2 Å². The van der Waals surface area contributed by atoms with E-state index in [1.807, 2.05) is 12.1 Å². The second-order valence-electron chi connectivity index (χ2n) is 3.92. The third-order valence-corrected chi connectivity index (χ3v) is 3.77. The Morgan fingerprint density at radius 3 is 2.53 bits per heavy atom. The number of amides is 1. The minimum Gasteiger partial charge on any atom is -0.354 e. The zero-order valence-electron chi connectivity index (χ0n) is 9.94. The minimum atomic E-state index is -0.445. The van der Waals surface area contributed by atoms with Gasteiger partial charge in [0, 0.05) is 21.2 Å². The predicted octanol–water partition coefficient (Wildman–Crippen LogP) is 2.39. The third-order valence-electron chi connectivity index (χ3n) is 2.13. The van der Waals surface area contributed by atoms with Gasteiger partial charge in [-0.3, -0.25) is 4.79 Å². The molecule has 1 amide bonds. The van der Waals surface area contributed by atoms with E-state index >= 15 is 0 Å². The van der Waals surface area contributed by atoms with Gasteiger partial charge in [-0.25, -0.2) is 0 Å². The van der Waals surface area contributed by atoms with Crippen LogP contribution in [0.25, 0.3) is 0 Å². The number of carbonyl (C=O) groups is 1. The number of hydrogen-bond donors (Lipinski definition) is 2. The number of benzene rings is 1. The van der Waals surface area contributed by atoms with Gasteiger partial charge in [0.25, 0.3) is 0 Å². The van der Waals surface area contributed by atoms with Crippen LogP contribution in [0.3, 0.4) is 0 Å². The Balaban J connectivity index is 2.37. The number of carbonyl (C=O) groups excluding carboxylic acids is 1. The molecule has 0 aromatic heterocycles. The van der Waals surface area contributed by atoms with Gasteiger partial charge < -0.3 is 11.1 Å². The Labute approximate surface area is 115 Å². The molecule has 1 aromatic rings. The molecular weight excluding hydrogens is 300 g/mol. The van der Waals surface area contributed by atoms with Crippen LogP contribution in [0.1, 0.15) is 13.8 Å². The van der Waals surface area contributed by atoms with Gasteiger partial charge in [0.1, 0.15) is 0 Å². The van der Waals surface area contributed by atoms with Crippen molar-refractivity contribution in [1.29, 1.82) is 0 Å². The zero-order chi connectivity index (χ0) is 12.8. The number of halogens is 1. The molecule has 0 aliphatic heterocycles. The number of nitrogens with one attached hydrogen (secondary N) is 1. The standard InChI is InChI=1S/C12H17BrN2OS/c1-8(7-15-12(16)9(2)14)17-11-5-3-10(13)4-6-11/h3-6,8-9H,7,14H2,1-2H3,(H,15,16)/t8?,9-/m1/s1. The van der Waals surface area contributed by atoms with E-state index in [1.165, 1.54) is 4.90 Å². The SMILES string of the molecule is CC(CNC(=O)[C@@H](C)N)Sc1ccc(Br)cc1. The molecule has 17 heavy (non-hydrogen) atoms. The van der Waals surface area contributed by atoms with Gasteiger partial charge in [0.15, 0.2) is 0 Å². The van der Waals surface area contributed by atoms with Crippen LogP contribution in [0.5, 0.6) is 0 Å². The van der Waals surface area contributed by atoms with E-state index < -0.39 is 6.04 Å². The lowest BCUT2D eigenvalue weighted by atomic mass is 10.3. The normalized spacial score (nSPS) is 14.1. The topological polar surface area (TPSA) is 55.1 Å². The van der Waals surface area contributed by atoms with Crippen LogP contribution in [0, 0.1) is 0 Å². The molecule has 3 N–H and O–H groups in total. The Kier molecular flexibility index (Phi) is 6.02. The average molecular weight is 317 g/mol. The van der Waals surface area contributed by atoms with Crippen molar-refractivity contribution >= 4 is 33.6 Å². The zero-order valence-corrected chi connectivity index (χ0v) is 12.3. The highest BCUT2D eigenvalue weighted by Gasteiger charge is 2.09. The van der Waals surface area contributed by atoms with Crippen molar-refractivity contribution in [2.75, 3.05) is 6.54 Å². The van der Waals surface area contributed by atoms with Crippen LogP contribution in [-0.4, -0.2) is 23.7 Å². The van der Waals surface area contributed by atoms with Crippen LogP contribution in [-0.2, 0) is 4.79 Å². The first-order chi connectivity index (χ1) is 7.99. The first kappa shape index (κ1) is 14.5. The maximum Gasteiger partial charge on any atom is 0.236 e. The highest BCUT2D eigenvalue weighted by atomic mass is 79.9. The van der Waals surface area contributed by atoms with Gasteiger partial charge in [0.05, 0.1) is 6.04 Å². The van der Waals surface area contributed by atoms with Gasteiger partial charge in [-0.2, -0.15) is 0 Å². The van der Waals surface area contributed by atoms with Crippen molar-refractivity contribution in [3.63, 3.8) is 0 Å². The molecule has 0 fully saturated rings. The first-order valence-electron chi connectivity index (χ1n) is 5.44. The summed E-state index contributed by atoms with van der Waals surface area (Å²) >= 11 is 5.13. The van der Waals surface area contributed by atoms with Crippen molar-refractivity contribution in [2.24, 2.45) is 5.73 Å². The van der Waals surface area contributed by atoms with Crippen molar-refractivity contribution < 1.29 is 4.79 Å². The van der Waals surface area contributed by atoms with Crippen LogP contribution >= 0.6 is 27.7 Å². The third kappa shape index (κ3) is 5.57. The van der Waals surface area contributed by atoms with E-state index in [-0.39, 0.29) is 5.91 Å². The highest BCUT2D eigenvalue weighted by molar-refractivity contribution is 9.10. The first-order valence-corrected chi connectivity index (χ1v) is 7.12. The number of thioether (sulfide) groups is 1. The number of rotatable bonds is 5. The molecule has 2 atom stereocenters. The summed E-state index contributed by atoms with van der Waals surface area (Å²) in [4.78, 5) is 12.5. The summed E-state index contributed by atoms with van der Waals surface area (Å²) in [6.07, 6.45) is 0. The summed E-state index contributed by atoms with van der Waals surface area (Å²) in [5, 5.41) is 3.14. The van der Waals surface area contributed by atoms with Crippen molar-refractivity contribution in [3.05, 3.63) is 28.7 Å². The van der Waals surface area contributed by atoms with E-state index in [1.54, 1.807) is 18.7 Å². The number of nitrogens with two attached hydrogens (primary N) is 1. The molecule has 3 nitrogen and oxygen atoms in total. The van der Waals surface area contributed by atoms with E-state index in [0.29, 0.717) is 11.8 Å². The fourth-order valence-corrected chi connectivity index (χ4v) is 2.38. The fourth-order valence-electron chi connectivity index (χ4n) is 1.19. The molecule has 0 aliphatic carbocycles. The summed E-state index contributed by atoms with van der Waals surface area (Å²) < 4.78 is 1.07. The van der Waals surface area contributed by atoms with E-state index in [0.717, 1.165) is 4.47 Å². The van der Waals surface area contributed by atoms with E-state index in [2.05, 4.69) is 40.3 Å². The van der Waals surface area contributed by atoms with Gasteiger partial charge in [-0.1, -0.05) is 22.9 Å². The van der Waals surface area contributed by atoms with Gasteiger partial charge in [-0.15, -0.1) is 11.8 Å². The Morgan fingerprint density at radius 2 is 2.00 bits per heavy atom. The molecule has 0 saturated heterocycles. The lowest BCUT2D eigenvalue weighted by molar-refractivity contribution is -0.121. The maximum atomic E-state index is 11.3. The molecule has 1 rings (SSSR count). The molecule has 0 radical (unpaired) electrons. The molecule has 0 saturated carbocycles. The summed E-state index contributed by atoms with van der Waals surface area (Å²) in [7, 11) is 0. The number of hydrogen-bond acceptors (Lipinski definition) is 3. The lowest BCUT2D eigenvalue weighted by Crippen LogP contribution is -2.40. The summed E-state index contributed by atoms with van der Waals surface area (Å²) in [6, 6.07) is 7.68. The summed E-state index contributed by atoms with van der Waals surface area (Å²) in [5.74, 6) is -0.103.